The van der Waals surface area contributed by atoms with Crippen LogP contribution in [0.4, 0.5) is 0 Å². The summed E-state index contributed by atoms with van der Waals surface area (Å²) >= 11 is 0. The van der Waals surface area contributed by atoms with E-state index in [0.29, 0.717) is 17.8 Å². The fourth-order valence-corrected chi connectivity index (χ4v) is 3.41. The Morgan fingerprint density at radius 1 is 0.967 bits per heavy atom. The predicted molar refractivity (Wildman–Crippen MR) is 121 cm³/mol. The maximum Gasteiger partial charge on any atom is 0.280 e. The van der Waals surface area contributed by atoms with E-state index in [9.17, 15) is 4.79 Å². The number of nitrogens with zero attached hydrogens (tertiary/aromatic N) is 2. The Bertz CT molecular complexity index is 1220. The molecule has 1 N–H and O–H groups in total. The van der Waals surface area contributed by atoms with Gasteiger partial charge in [-0.25, -0.2) is 4.68 Å². The van der Waals surface area contributed by atoms with Crippen LogP contribution in [-0.4, -0.2) is 22.6 Å². The Kier molecular flexibility index (Phi) is 5.61. The lowest BCUT2D eigenvalue weighted by Crippen LogP contribution is -2.19. The summed E-state index contributed by atoms with van der Waals surface area (Å²) in [6.45, 7) is 2.35. The molecule has 0 aliphatic heterocycles. The van der Waals surface area contributed by atoms with Crippen molar-refractivity contribution in [2.45, 2.75) is 13.5 Å². The third kappa shape index (κ3) is 3.96. The van der Waals surface area contributed by atoms with E-state index in [2.05, 4.69) is 5.10 Å². The van der Waals surface area contributed by atoms with E-state index in [1.54, 1.807) is 11.8 Å². The average Bonchev–Trinajstić information content (AvgIpc) is 3.16. The largest absolute Gasteiger partial charge is 0.497 e. The van der Waals surface area contributed by atoms with E-state index in [4.69, 9.17) is 9.73 Å². The first kappa shape index (κ1) is 19.5. The van der Waals surface area contributed by atoms with Crippen molar-refractivity contribution >= 4 is 5.71 Å². The summed E-state index contributed by atoms with van der Waals surface area (Å²) in [5.74, 6) is 0.790. The molecule has 0 saturated heterocycles. The molecule has 0 saturated carbocycles. The summed E-state index contributed by atoms with van der Waals surface area (Å²) in [6, 6.07) is 27.2. The first-order valence-corrected chi connectivity index (χ1v) is 9.77. The minimum Gasteiger partial charge on any atom is -0.497 e. The Morgan fingerprint density at radius 2 is 1.67 bits per heavy atom. The Balaban J connectivity index is 1.79. The summed E-state index contributed by atoms with van der Waals surface area (Å²) in [7, 11) is 1.64. The Hall–Kier alpha value is -3.86. The SMILES string of the molecule is COc1cccc(CN=C(C)c2c(-c3ccccc3)[nH]n(-c3ccccc3)c2=O)c1. The molecule has 5 nitrogen and oxygen atoms in total. The van der Waals surface area contributed by atoms with Crippen molar-refractivity contribution in [3.05, 3.63) is 106 Å². The Morgan fingerprint density at radius 3 is 2.37 bits per heavy atom. The number of benzene rings is 3. The number of methoxy groups -OCH3 is 1. The fraction of sp³-hybridized carbons (Fsp3) is 0.120. The number of nitrogens with one attached hydrogen (secondary N) is 1. The van der Waals surface area contributed by atoms with E-state index in [0.717, 1.165) is 28.3 Å². The van der Waals surface area contributed by atoms with Gasteiger partial charge in [-0.1, -0.05) is 60.7 Å². The number of para-hydroxylation sites is 1. The van der Waals surface area contributed by atoms with Crippen molar-refractivity contribution in [2.75, 3.05) is 7.11 Å². The average molecular weight is 397 g/mol. The van der Waals surface area contributed by atoms with Crippen molar-refractivity contribution in [3.63, 3.8) is 0 Å². The molecule has 0 aliphatic carbocycles. The molecule has 4 rings (SSSR count). The minimum absolute atomic E-state index is 0.119. The van der Waals surface area contributed by atoms with Gasteiger partial charge in [-0.05, 0) is 36.8 Å². The number of aliphatic imine (C=N–C) groups is 1. The summed E-state index contributed by atoms with van der Waals surface area (Å²) in [4.78, 5) is 18.1. The highest BCUT2D eigenvalue weighted by Crippen LogP contribution is 2.22. The highest BCUT2D eigenvalue weighted by atomic mass is 16.5. The molecule has 1 aromatic heterocycles. The molecule has 4 aromatic rings. The van der Waals surface area contributed by atoms with Gasteiger partial charge in [-0.15, -0.1) is 0 Å². The van der Waals surface area contributed by atoms with Crippen LogP contribution in [0.25, 0.3) is 16.9 Å². The van der Waals surface area contributed by atoms with E-state index in [1.165, 1.54) is 0 Å². The monoisotopic (exact) mass is 397 g/mol. The second kappa shape index (κ2) is 8.66. The number of hydrogen-bond acceptors (Lipinski definition) is 3. The first-order chi connectivity index (χ1) is 14.7. The zero-order chi connectivity index (χ0) is 20.9. The van der Waals surface area contributed by atoms with Crippen LogP contribution in [0.3, 0.4) is 0 Å². The highest BCUT2D eigenvalue weighted by Gasteiger charge is 2.19. The van der Waals surface area contributed by atoms with Crippen LogP contribution in [0.15, 0.2) is 94.7 Å². The van der Waals surface area contributed by atoms with Crippen molar-refractivity contribution in [1.82, 2.24) is 9.78 Å². The van der Waals surface area contributed by atoms with Crippen molar-refractivity contribution in [2.24, 2.45) is 4.99 Å². The fourth-order valence-electron chi connectivity index (χ4n) is 3.41. The summed E-state index contributed by atoms with van der Waals surface area (Å²) in [5.41, 5.74) is 4.65. The molecule has 0 radical (unpaired) electrons. The summed E-state index contributed by atoms with van der Waals surface area (Å²) in [5, 5.41) is 3.28. The molecular weight excluding hydrogens is 374 g/mol. The number of aromatic amines is 1. The van der Waals surface area contributed by atoms with Gasteiger partial charge in [0, 0.05) is 11.3 Å². The van der Waals surface area contributed by atoms with Crippen LogP contribution in [0.2, 0.25) is 0 Å². The molecule has 0 spiro atoms. The van der Waals surface area contributed by atoms with Crippen LogP contribution in [0.5, 0.6) is 5.75 Å². The smallest absolute Gasteiger partial charge is 0.280 e. The standard InChI is InChI=1S/C25H23N3O2/c1-18(26-17-19-10-9-15-22(16-19)30-2)23-24(20-11-5-3-6-12-20)27-28(25(23)29)21-13-7-4-8-14-21/h3-16,27H,17H2,1-2H3. The van der Waals surface area contributed by atoms with E-state index in [1.807, 2.05) is 91.9 Å². The zero-order valence-electron chi connectivity index (χ0n) is 17.0. The van der Waals surface area contributed by atoms with Gasteiger partial charge >= 0.3 is 0 Å². The van der Waals surface area contributed by atoms with Gasteiger partial charge in [0.15, 0.2) is 0 Å². The third-order valence-electron chi connectivity index (χ3n) is 4.96. The predicted octanol–water partition coefficient (Wildman–Crippen LogP) is 4.85. The maximum atomic E-state index is 13.3. The van der Waals surface area contributed by atoms with Crippen molar-refractivity contribution in [1.29, 1.82) is 0 Å². The van der Waals surface area contributed by atoms with Gasteiger partial charge in [0.05, 0.1) is 30.6 Å². The lowest BCUT2D eigenvalue weighted by Gasteiger charge is -2.04. The van der Waals surface area contributed by atoms with Crippen molar-refractivity contribution in [3.8, 4) is 22.7 Å². The molecule has 5 heteroatoms. The topological polar surface area (TPSA) is 59.4 Å². The van der Waals surface area contributed by atoms with E-state index in [-0.39, 0.29) is 5.56 Å². The van der Waals surface area contributed by atoms with Gasteiger partial charge in [0.1, 0.15) is 5.75 Å². The maximum absolute atomic E-state index is 13.3. The molecule has 0 unspecified atom stereocenters. The molecule has 0 aliphatic rings. The number of rotatable bonds is 6. The van der Waals surface area contributed by atoms with Crippen LogP contribution >= 0.6 is 0 Å². The number of hydrogen-bond donors (Lipinski definition) is 1. The summed E-state index contributed by atoms with van der Waals surface area (Å²) in [6.07, 6.45) is 0. The lowest BCUT2D eigenvalue weighted by atomic mass is 10.1. The summed E-state index contributed by atoms with van der Waals surface area (Å²) < 4.78 is 6.86. The molecule has 30 heavy (non-hydrogen) atoms. The van der Waals surface area contributed by atoms with Crippen LogP contribution < -0.4 is 10.3 Å². The number of ether oxygens (including phenoxy) is 1. The van der Waals surface area contributed by atoms with Gasteiger partial charge in [-0.2, -0.15) is 0 Å². The first-order valence-electron chi connectivity index (χ1n) is 9.77. The van der Waals surface area contributed by atoms with Gasteiger partial charge in [0.2, 0.25) is 0 Å². The third-order valence-corrected chi connectivity index (χ3v) is 4.96. The highest BCUT2D eigenvalue weighted by molar-refractivity contribution is 6.03. The second-order valence-corrected chi connectivity index (χ2v) is 6.96. The van der Waals surface area contributed by atoms with Crippen molar-refractivity contribution < 1.29 is 4.74 Å². The lowest BCUT2D eigenvalue weighted by molar-refractivity contribution is 0.414. The van der Waals surface area contributed by atoms with Crippen LogP contribution in [-0.2, 0) is 6.54 Å². The molecule has 0 amide bonds. The molecular formula is C25H23N3O2. The van der Waals surface area contributed by atoms with Crippen LogP contribution in [0, 0.1) is 0 Å². The van der Waals surface area contributed by atoms with Gasteiger partial charge in [0.25, 0.3) is 5.56 Å². The second-order valence-electron chi connectivity index (χ2n) is 6.96. The quantitative estimate of drug-likeness (QED) is 0.473. The number of aromatic nitrogens is 2. The molecule has 1 heterocycles. The molecule has 0 atom stereocenters. The molecule has 150 valence electrons. The minimum atomic E-state index is -0.119. The molecule has 0 bridgehead atoms. The van der Waals surface area contributed by atoms with E-state index >= 15 is 0 Å². The molecule has 0 fully saturated rings. The number of H-pyrrole nitrogens is 1. The van der Waals surface area contributed by atoms with Gasteiger partial charge in [-0.3, -0.25) is 14.9 Å². The van der Waals surface area contributed by atoms with E-state index < -0.39 is 0 Å². The normalized spacial score (nSPS) is 11.5. The molecule has 3 aromatic carbocycles. The van der Waals surface area contributed by atoms with Crippen LogP contribution in [0.1, 0.15) is 18.1 Å². The zero-order valence-corrected chi connectivity index (χ0v) is 17.0. The Labute approximate surface area is 175 Å². The van der Waals surface area contributed by atoms with Gasteiger partial charge < -0.3 is 4.74 Å².